The summed E-state index contributed by atoms with van der Waals surface area (Å²) in [5.41, 5.74) is 0.753. The fraction of sp³-hybridized carbons (Fsp3) is 0.455. The lowest BCUT2D eigenvalue weighted by Crippen LogP contribution is -2.32. The first-order chi connectivity index (χ1) is 7.62. The van der Waals surface area contributed by atoms with Crippen LogP contribution < -0.4 is 5.32 Å². The lowest BCUT2D eigenvalue weighted by molar-refractivity contribution is 0.0343. The molecule has 1 N–H and O–H groups in total. The number of nitrogens with zero attached hydrogens (tertiary/aromatic N) is 3. The maximum Gasteiger partial charge on any atom is 0.152 e. The fourth-order valence-electron chi connectivity index (χ4n) is 1.36. The minimum Gasteiger partial charge on any atom is -0.377 e. The van der Waals surface area contributed by atoms with Crippen LogP contribution in [0.3, 0.4) is 0 Å². The van der Waals surface area contributed by atoms with Crippen molar-refractivity contribution in [1.29, 1.82) is 0 Å². The van der Waals surface area contributed by atoms with Gasteiger partial charge in [0.2, 0.25) is 0 Å². The summed E-state index contributed by atoms with van der Waals surface area (Å²) < 4.78 is 7.13. The molecule has 0 saturated heterocycles. The average Bonchev–Trinajstić information content (AvgIpc) is 2.75. The number of hydrogen-bond donors (Lipinski definition) is 1. The highest BCUT2D eigenvalue weighted by molar-refractivity contribution is 5.66. The molecule has 0 spiro atoms. The van der Waals surface area contributed by atoms with E-state index < -0.39 is 0 Å². The second-order valence-corrected chi connectivity index (χ2v) is 4.25. The van der Waals surface area contributed by atoms with Crippen molar-refractivity contribution in [2.24, 2.45) is 0 Å². The molecule has 0 atom stereocenters. The summed E-state index contributed by atoms with van der Waals surface area (Å²) >= 11 is 0. The maximum absolute atomic E-state index is 5.34. The number of hydrogen-bond acceptors (Lipinski definition) is 4. The van der Waals surface area contributed by atoms with Crippen molar-refractivity contribution >= 4 is 11.3 Å². The Labute approximate surface area is 94.4 Å². The molecule has 0 bridgehead atoms. The van der Waals surface area contributed by atoms with Crippen LogP contribution in [0.15, 0.2) is 24.7 Å². The molecular formula is C11H16N4O. The number of ether oxygens (including phenoxy) is 1. The smallest absolute Gasteiger partial charge is 0.152 e. The van der Waals surface area contributed by atoms with Crippen LogP contribution in [0.25, 0.3) is 5.52 Å². The molecule has 0 unspecified atom stereocenters. The van der Waals surface area contributed by atoms with Crippen LogP contribution in [0.5, 0.6) is 0 Å². The highest BCUT2D eigenvalue weighted by Gasteiger charge is 2.16. The van der Waals surface area contributed by atoms with Crippen molar-refractivity contribution in [3.8, 4) is 0 Å². The standard InChI is InChI=1S/C11H16N4O/c1-11(2,16-3)8-13-10-9-4-5-14-15(9)7-6-12-10/h4-7H,8H2,1-3H3,(H,12,13). The van der Waals surface area contributed by atoms with E-state index in [0.29, 0.717) is 6.54 Å². The number of rotatable bonds is 4. The zero-order valence-corrected chi connectivity index (χ0v) is 9.77. The molecule has 0 saturated carbocycles. The van der Waals surface area contributed by atoms with Gasteiger partial charge in [-0.05, 0) is 19.9 Å². The number of fused-ring (bicyclic) bond motifs is 1. The maximum atomic E-state index is 5.34. The van der Waals surface area contributed by atoms with Gasteiger partial charge in [0.05, 0.1) is 11.8 Å². The number of aromatic nitrogens is 3. The van der Waals surface area contributed by atoms with Crippen LogP contribution in [-0.2, 0) is 4.74 Å². The third kappa shape index (κ3) is 2.14. The molecule has 2 heterocycles. The molecule has 0 aliphatic heterocycles. The van der Waals surface area contributed by atoms with Crippen LogP contribution in [0, 0.1) is 0 Å². The summed E-state index contributed by atoms with van der Waals surface area (Å²) in [6, 6.07) is 1.93. The van der Waals surface area contributed by atoms with E-state index in [1.807, 2.05) is 26.1 Å². The Kier molecular flexibility index (Phi) is 2.78. The van der Waals surface area contributed by atoms with Crippen LogP contribution in [0.1, 0.15) is 13.8 Å². The first-order valence-corrected chi connectivity index (χ1v) is 5.20. The van der Waals surface area contributed by atoms with Gasteiger partial charge in [-0.3, -0.25) is 0 Å². The molecule has 0 aliphatic carbocycles. The molecule has 0 aliphatic rings. The molecule has 0 aromatic carbocycles. The predicted molar refractivity (Wildman–Crippen MR) is 62.6 cm³/mol. The summed E-state index contributed by atoms with van der Waals surface area (Å²) in [4.78, 5) is 4.29. The Bertz CT molecular complexity index is 478. The van der Waals surface area contributed by atoms with Crippen LogP contribution in [0.4, 0.5) is 5.82 Å². The summed E-state index contributed by atoms with van der Waals surface area (Å²) in [6.07, 6.45) is 5.30. The van der Waals surface area contributed by atoms with E-state index in [1.54, 1.807) is 24.0 Å². The Hall–Kier alpha value is -1.62. The molecule has 5 nitrogen and oxygen atoms in total. The Morgan fingerprint density at radius 1 is 1.44 bits per heavy atom. The van der Waals surface area contributed by atoms with Gasteiger partial charge < -0.3 is 10.1 Å². The largest absolute Gasteiger partial charge is 0.377 e. The van der Waals surface area contributed by atoms with Gasteiger partial charge in [-0.1, -0.05) is 0 Å². The first kappa shape index (κ1) is 10.9. The Morgan fingerprint density at radius 3 is 3.00 bits per heavy atom. The molecule has 16 heavy (non-hydrogen) atoms. The minimum absolute atomic E-state index is 0.214. The van der Waals surface area contributed by atoms with Crippen molar-refractivity contribution < 1.29 is 4.74 Å². The van der Waals surface area contributed by atoms with Gasteiger partial charge in [0.1, 0.15) is 5.52 Å². The van der Waals surface area contributed by atoms with E-state index in [1.165, 1.54) is 0 Å². The molecule has 2 aromatic rings. The van der Waals surface area contributed by atoms with Gasteiger partial charge in [0.15, 0.2) is 5.82 Å². The average molecular weight is 220 g/mol. The summed E-state index contributed by atoms with van der Waals surface area (Å²) in [6.45, 7) is 4.74. The fourth-order valence-corrected chi connectivity index (χ4v) is 1.36. The van der Waals surface area contributed by atoms with Crippen LogP contribution in [0.2, 0.25) is 0 Å². The number of nitrogens with one attached hydrogen (secondary N) is 1. The molecule has 86 valence electrons. The van der Waals surface area contributed by atoms with E-state index in [0.717, 1.165) is 11.3 Å². The lowest BCUT2D eigenvalue weighted by Gasteiger charge is -2.23. The van der Waals surface area contributed by atoms with Gasteiger partial charge in [0, 0.05) is 26.0 Å². The van der Waals surface area contributed by atoms with Crippen molar-refractivity contribution in [1.82, 2.24) is 14.6 Å². The Morgan fingerprint density at radius 2 is 2.25 bits per heavy atom. The van der Waals surface area contributed by atoms with Crippen molar-refractivity contribution in [2.75, 3.05) is 19.0 Å². The lowest BCUT2D eigenvalue weighted by atomic mass is 10.1. The van der Waals surface area contributed by atoms with E-state index in [2.05, 4.69) is 15.4 Å². The van der Waals surface area contributed by atoms with Gasteiger partial charge in [-0.25, -0.2) is 9.50 Å². The number of methoxy groups -OCH3 is 1. The molecule has 0 fully saturated rings. The molecule has 2 rings (SSSR count). The Balaban J connectivity index is 2.18. The van der Waals surface area contributed by atoms with Gasteiger partial charge >= 0.3 is 0 Å². The molecular weight excluding hydrogens is 204 g/mol. The number of anilines is 1. The van der Waals surface area contributed by atoms with Gasteiger partial charge in [-0.2, -0.15) is 5.10 Å². The second-order valence-electron chi connectivity index (χ2n) is 4.25. The van der Waals surface area contributed by atoms with E-state index in [-0.39, 0.29) is 5.60 Å². The normalized spacial score (nSPS) is 11.9. The molecule has 0 amide bonds. The van der Waals surface area contributed by atoms with Crippen molar-refractivity contribution in [2.45, 2.75) is 19.4 Å². The van der Waals surface area contributed by atoms with Crippen LogP contribution in [-0.4, -0.2) is 33.9 Å². The molecule has 5 heteroatoms. The monoisotopic (exact) mass is 220 g/mol. The third-order valence-corrected chi connectivity index (χ3v) is 2.56. The minimum atomic E-state index is -0.214. The topological polar surface area (TPSA) is 51.5 Å². The summed E-state index contributed by atoms with van der Waals surface area (Å²) in [5, 5.41) is 7.42. The SMILES string of the molecule is COC(C)(C)CNc1nccn2nccc12. The summed E-state index contributed by atoms with van der Waals surface area (Å²) in [7, 11) is 1.70. The van der Waals surface area contributed by atoms with Crippen LogP contribution >= 0.6 is 0 Å². The van der Waals surface area contributed by atoms with E-state index in [9.17, 15) is 0 Å². The quantitative estimate of drug-likeness (QED) is 0.849. The summed E-state index contributed by atoms with van der Waals surface area (Å²) in [5.74, 6) is 0.824. The van der Waals surface area contributed by atoms with E-state index in [4.69, 9.17) is 4.74 Å². The first-order valence-electron chi connectivity index (χ1n) is 5.20. The van der Waals surface area contributed by atoms with E-state index >= 15 is 0 Å². The highest BCUT2D eigenvalue weighted by atomic mass is 16.5. The zero-order valence-electron chi connectivity index (χ0n) is 9.77. The van der Waals surface area contributed by atoms with Gasteiger partial charge in [-0.15, -0.1) is 0 Å². The molecule has 0 radical (unpaired) electrons. The predicted octanol–water partition coefficient (Wildman–Crippen LogP) is 1.57. The third-order valence-electron chi connectivity index (χ3n) is 2.56. The van der Waals surface area contributed by atoms with Crippen molar-refractivity contribution in [3.05, 3.63) is 24.7 Å². The van der Waals surface area contributed by atoms with Crippen molar-refractivity contribution in [3.63, 3.8) is 0 Å². The van der Waals surface area contributed by atoms with Gasteiger partial charge in [0.25, 0.3) is 0 Å². The highest BCUT2D eigenvalue weighted by Crippen LogP contribution is 2.14. The zero-order chi connectivity index (χ0) is 11.6. The molecule has 2 aromatic heterocycles. The second kappa shape index (κ2) is 4.09.